The van der Waals surface area contributed by atoms with Crippen LogP contribution in [0.1, 0.15) is 20.3 Å². The Balaban J connectivity index is 1.84. The zero-order chi connectivity index (χ0) is 18.7. The number of thioether (sulfide) groups is 1. The molecule has 0 saturated carbocycles. The second-order valence-corrected chi connectivity index (χ2v) is 9.06. The zero-order valence-electron chi connectivity index (χ0n) is 14.5. The molecule has 0 aromatic heterocycles. The molecular formula is C18H20N2O4S2. The summed E-state index contributed by atoms with van der Waals surface area (Å²) in [5, 5.41) is 2.92. The Morgan fingerprint density at radius 2 is 1.96 bits per heavy atom. The van der Waals surface area contributed by atoms with Gasteiger partial charge in [-0.2, -0.15) is 0 Å². The van der Waals surface area contributed by atoms with E-state index in [2.05, 4.69) is 10.0 Å². The van der Waals surface area contributed by atoms with Gasteiger partial charge in [-0.1, -0.05) is 6.92 Å². The van der Waals surface area contributed by atoms with E-state index in [4.69, 9.17) is 4.74 Å². The Bertz CT molecular complexity index is 911. The maximum atomic E-state index is 12.7. The van der Waals surface area contributed by atoms with Gasteiger partial charge in [-0.15, -0.1) is 11.8 Å². The lowest BCUT2D eigenvalue weighted by atomic mass is 10.3. The normalized spacial score (nSPS) is 17.0. The van der Waals surface area contributed by atoms with Crippen molar-refractivity contribution >= 4 is 39.1 Å². The van der Waals surface area contributed by atoms with Crippen LogP contribution >= 0.6 is 11.8 Å². The van der Waals surface area contributed by atoms with E-state index >= 15 is 0 Å². The monoisotopic (exact) mass is 392 g/mol. The van der Waals surface area contributed by atoms with Gasteiger partial charge in [0.1, 0.15) is 5.75 Å². The molecule has 138 valence electrons. The fourth-order valence-corrected chi connectivity index (χ4v) is 4.73. The third-order valence-electron chi connectivity index (χ3n) is 3.75. The van der Waals surface area contributed by atoms with Gasteiger partial charge in [0.05, 0.1) is 17.2 Å². The SMILES string of the molecule is CCOc1ccc(NS(=O)(=O)c2ccc3c(c2)NC(=O)C[C@H](C)S3)cc1. The van der Waals surface area contributed by atoms with Crippen LogP contribution in [0.25, 0.3) is 0 Å². The number of amides is 1. The largest absolute Gasteiger partial charge is 0.494 e. The maximum absolute atomic E-state index is 12.7. The average molecular weight is 393 g/mol. The number of ether oxygens (including phenoxy) is 1. The summed E-state index contributed by atoms with van der Waals surface area (Å²) in [5.41, 5.74) is 0.967. The Labute approximate surface area is 157 Å². The highest BCUT2D eigenvalue weighted by Crippen LogP contribution is 2.36. The van der Waals surface area contributed by atoms with Gasteiger partial charge >= 0.3 is 0 Å². The molecule has 1 amide bonds. The van der Waals surface area contributed by atoms with Gasteiger partial charge in [0.25, 0.3) is 10.0 Å². The lowest BCUT2D eigenvalue weighted by Crippen LogP contribution is -2.15. The molecule has 0 unspecified atom stereocenters. The predicted molar refractivity (Wildman–Crippen MR) is 103 cm³/mol. The van der Waals surface area contributed by atoms with Gasteiger partial charge < -0.3 is 10.1 Å². The molecule has 1 aliphatic heterocycles. The summed E-state index contributed by atoms with van der Waals surface area (Å²) >= 11 is 1.55. The van der Waals surface area contributed by atoms with E-state index in [0.717, 1.165) is 4.90 Å². The highest BCUT2D eigenvalue weighted by Gasteiger charge is 2.22. The van der Waals surface area contributed by atoms with Crippen molar-refractivity contribution in [2.45, 2.75) is 35.3 Å². The topological polar surface area (TPSA) is 84.5 Å². The Hall–Kier alpha value is -2.19. The van der Waals surface area contributed by atoms with Crippen molar-refractivity contribution in [2.75, 3.05) is 16.6 Å². The summed E-state index contributed by atoms with van der Waals surface area (Å²) in [5.74, 6) is 0.562. The number of rotatable bonds is 5. The smallest absolute Gasteiger partial charge is 0.261 e. The van der Waals surface area contributed by atoms with E-state index in [1.165, 1.54) is 6.07 Å². The Morgan fingerprint density at radius 3 is 2.65 bits per heavy atom. The van der Waals surface area contributed by atoms with Gasteiger partial charge in [0, 0.05) is 22.3 Å². The first-order valence-corrected chi connectivity index (χ1v) is 10.6. The van der Waals surface area contributed by atoms with Crippen LogP contribution in [0.4, 0.5) is 11.4 Å². The molecule has 2 aromatic carbocycles. The first-order valence-electron chi connectivity index (χ1n) is 8.23. The minimum absolute atomic E-state index is 0.0978. The van der Waals surface area contributed by atoms with Crippen molar-refractivity contribution in [3.63, 3.8) is 0 Å². The van der Waals surface area contributed by atoms with Crippen LogP contribution in [0, 0.1) is 0 Å². The number of fused-ring (bicyclic) bond motifs is 1. The molecule has 1 atom stereocenters. The molecule has 0 bridgehead atoms. The van der Waals surface area contributed by atoms with Gasteiger partial charge in [0.2, 0.25) is 5.91 Å². The van der Waals surface area contributed by atoms with Crippen LogP contribution in [0.15, 0.2) is 52.3 Å². The zero-order valence-corrected chi connectivity index (χ0v) is 16.1. The lowest BCUT2D eigenvalue weighted by Gasteiger charge is -2.12. The highest BCUT2D eigenvalue weighted by atomic mass is 32.2. The van der Waals surface area contributed by atoms with E-state index in [1.54, 1.807) is 48.2 Å². The summed E-state index contributed by atoms with van der Waals surface area (Å²) in [4.78, 5) is 12.9. The molecular weight excluding hydrogens is 372 g/mol. The summed E-state index contributed by atoms with van der Waals surface area (Å²) in [6.07, 6.45) is 0.395. The van der Waals surface area contributed by atoms with Gasteiger partial charge in [-0.25, -0.2) is 8.42 Å². The first-order chi connectivity index (χ1) is 12.4. The molecule has 2 N–H and O–H groups in total. The Morgan fingerprint density at radius 1 is 1.23 bits per heavy atom. The summed E-state index contributed by atoms with van der Waals surface area (Å²) in [6, 6.07) is 11.5. The number of hydrogen-bond acceptors (Lipinski definition) is 5. The van der Waals surface area contributed by atoms with Gasteiger partial charge in [0.15, 0.2) is 0 Å². The van der Waals surface area contributed by atoms with E-state index in [0.29, 0.717) is 30.2 Å². The second kappa shape index (κ2) is 7.59. The van der Waals surface area contributed by atoms with Crippen LogP contribution in [0.5, 0.6) is 5.75 Å². The molecule has 6 nitrogen and oxygen atoms in total. The quantitative estimate of drug-likeness (QED) is 0.810. The number of carbonyl (C=O) groups excluding carboxylic acids is 1. The third-order valence-corrected chi connectivity index (χ3v) is 6.31. The number of carbonyl (C=O) groups is 1. The fraction of sp³-hybridized carbons (Fsp3) is 0.278. The van der Waals surface area contributed by atoms with E-state index in [-0.39, 0.29) is 16.1 Å². The number of anilines is 2. The summed E-state index contributed by atoms with van der Waals surface area (Å²) in [6.45, 7) is 4.40. The molecule has 26 heavy (non-hydrogen) atoms. The van der Waals surface area contributed by atoms with E-state index in [9.17, 15) is 13.2 Å². The molecule has 1 heterocycles. The molecule has 8 heteroatoms. The second-order valence-electron chi connectivity index (χ2n) is 5.90. The molecule has 3 rings (SSSR count). The average Bonchev–Trinajstić information content (AvgIpc) is 2.72. The highest BCUT2D eigenvalue weighted by molar-refractivity contribution is 8.00. The van der Waals surface area contributed by atoms with Crippen LogP contribution in [-0.4, -0.2) is 26.2 Å². The summed E-state index contributed by atoms with van der Waals surface area (Å²) in [7, 11) is -3.77. The number of hydrogen-bond donors (Lipinski definition) is 2. The van der Waals surface area contributed by atoms with Crippen LogP contribution < -0.4 is 14.8 Å². The van der Waals surface area contributed by atoms with E-state index < -0.39 is 10.0 Å². The molecule has 2 aromatic rings. The number of benzene rings is 2. The first kappa shape index (κ1) is 18.6. The Kier molecular flexibility index (Phi) is 5.43. The van der Waals surface area contributed by atoms with E-state index in [1.807, 2.05) is 13.8 Å². The minimum Gasteiger partial charge on any atom is -0.494 e. The van der Waals surface area contributed by atoms with Crippen molar-refractivity contribution in [3.8, 4) is 5.75 Å². The third kappa shape index (κ3) is 4.31. The molecule has 0 saturated heterocycles. The van der Waals surface area contributed by atoms with Crippen molar-refractivity contribution in [1.29, 1.82) is 0 Å². The molecule has 1 aliphatic rings. The van der Waals surface area contributed by atoms with Crippen LogP contribution in [-0.2, 0) is 14.8 Å². The van der Waals surface area contributed by atoms with Crippen molar-refractivity contribution in [2.24, 2.45) is 0 Å². The molecule has 0 aliphatic carbocycles. The van der Waals surface area contributed by atoms with Crippen molar-refractivity contribution in [3.05, 3.63) is 42.5 Å². The van der Waals surface area contributed by atoms with Crippen LogP contribution in [0.3, 0.4) is 0 Å². The van der Waals surface area contributed by atoms with Crippen molar-refractivity contribution < 1.29 is 17.9 Å². The molecule has 0 radical (unpaired) electrons. The van der Waals surface area contributed by atoms with Crippen molar-refractivity contribution in [1.82, 2.24) is 0 Å². The number of sulfonamides is 1. The standard InChI is InChI=1S/C18H20N2O4S2/c1-3-24-14-6-4-13(5-7-14)20-26(22,23)15-8-9-17-16(11-15)19-18(21)10-12(2)25-17/h4-9,11-12,20H,3,10H2,1-2H3,(H,19,21)/t12-/m0/s1. The van der Waals surface area contributed by atoms with Gasteiger partial charge in [-0.05, 0) is 49.4 Å². The molecule has 0 fully saturated rings. The minimum atomic E-state index is -3.77. The maximum Gasteiger partial charge on any atom is 0.261 e. The van der Waals surface area contributed by atoms with Gasteiger partial charge in [-0.3, -0.25) is 9.52 Å². The fourth-order valence-electron chi connectivity index (χ4n) is 2.60. The van der Waals surface area contributed by atoms with Crippen LogP contribution in [0.2, 0.25) is 0 Å². The number of nitrogens with one attached hydrogen (secondary N) is 2. The summed E-state index contributed by atoms with van der Waals surface area (Å²) < 4.78 is 33.2. The lowest BCUT2D eigenvalue weighted by molar-refractivity contribution is -0.116. The molecule has 0 spiro atoms. The predicted octanol–water partition coefficient (Wildman–Crippen LogP) is 3.71.